The first kappa shape index (κ1) is 20.7. The molecule has 1 atom stereocenters. The smallest absolute Gasteiger partial charge is 0.341 e. The number of amides is 1. The summed E-state index contributed by atoms with van der Waals surface area (Å²) in [6, 6.07) is 5.89. The molecule has 29 heavy (non-hydrogen) atoms. The molecule has 0 radical (unpaired) electrons. The minimum atomic E-state index is -0.476. The monoisotopic (exact) mass is 414 g/mol. The Kier molecular flexibility index (Phi) is 6.43. The molecule has 1 aliphatic carbocycles. The fourth-order valence-electron chi connectivity index (χ4n) is 3.44. The van der Waals surface area contributed by atoms with Gasteiger partial charge in [-0.05, 0) is 54.5 Å². The van der Waals surface area contributed by atoms with Gasteiger partial charge in [0.25, 0.3) is 5.69 Å². The number of hydrogen-bond acceptors (Lipinski definition) is 6. The number of non-ortho nitro benzene ring substituents is 1. The number of carbonyl (C=O) groups excluding carboxylic acids is 2. The van der Waals surface area contributed by atoms with E-state index in [4.69, 9.17) is 4.74 Å². The second kappa shape index (κ2) is 9.00. The molecule has 1 aromatic heterocycles. The molecular weight excluding hydrogens is 392 g/mol. The molecule has 8 heteroatoms. The molecule has 1 heterocycles. The van der Waals surface area contributed by atoms with Gasteiger partial charge in [0.2, 0.25) is 5.91 Å². The number of anilines is 1. The molecule has 1 aliphatic rings. The highest BCUT2D eigenvalue weighted by Gasteiger charge is 2.29. The number of ether oxygens (including phenoxy) is 1. The summed E-state index contributed by atoms with van der Waals surface area (Å²) < 4.78 is 4.94. The van der Waals surface area contributed by atoms with Crippen molar-refractivity contribution < 1.29 is 19.2 Å². The molecule has 0 bridgehead atoms. The Balaban J connectivity index is 1.78. The molecule has 0 fully saturated rings. The van der Waals surface area contributed by atoms with Gasteiger partial charge in [-0.15, -0.1) is 11.3 Å². The van der Waals surface area contributed by atoms with Gasteiger partial charge in [0, 0.05) is 23.1 Å². The number of nitrogens with zero attached hydrogens (tertiary/aromatic N) is 1. The van der Waals surface area contributed by atoms with Crippen molar-refractivity contribution in [1.82, 2.24) is 0 Å². The van der Waals surface area contributed by atoms with E-state index in [0.29, 0.717) is 22.0 Å². The highest BCUT2D eigenvalue weighted by Crippen LogP contribution is 2.40. The van der Waals surface area contributed by atoms with E-state index in [0.717, 1.165) is 36.1 Å². The Labute approximate surface area is 172 Å². The molecule has 1 unspecified atom stereocenters. The number of carbonyl (C=O) groups is 2. The first-order valence-corrected chi connectivity index (χ1v) is 10.2. The van der Waals surface area contributed by atoms with Gasteiger partial charge in [-0.25, -0.2) is 4.79 Å². The van der Waals surface area contributed by atoms with Crippen LogP contribution in [0.5, 0.6) is 0 Å². The molecule has 1 aromatic carbocycles. The zero-order chi connectivity index (χ0) is 21.0. The molecule has 3 rings (SSSR count). The van der Waals surface area contributed by atoms with E-state index < -0.39 is 10.9 Å². The van der Waals surface area contributed by atoms with Crippen molar-refractivity contribution in [2.24, 2.45) is 5.92 Å². The lowest BCUT2D eigenvalue weighted by atomic mass is 9.86. The Morgan fingerprint density at radius 1 is 1.34 bits per heavy atom. The summed E-state index contributed by atoms with van der Waals surface area (Å²) in [5, 5.41) is 14.0. The number of esters is 1. The fourth-order valence-corrected chi connectivity index (χ4v) is 4.79. The van der Waals surface area contributed by atoms with Crippen LogP contribution in [0.1, 0.15) is 46.1 Å². The minimum absolute atomic E-state index is 0.0103. The Morgan fingerprint density at radius 3 is 2.69 bits per heavy atom. The van der Waals surface area contributed by atoms with Crippen molar-refractivity contribution in [2.75, 3.05) is 12.4 Å². The molecule has 0 saturated carbocycles. The molecule has 1 N–H and O–H groups in total. The maximum Gasteiger partial charge on any atom is 0.341 e. The quantitative estimate of drug-likeness (QED) is 0.322. The maximum absolute atomic E-state index is 12.4. The van der Waals surface area contributed by atoms with E-state index in [1.54, 1.807) is 18.2 Å². The third kappa shape index (κ3) is 4.71. The van der Waals surface area contributed by atoms with Crippen molar-refractivity contribution in [3.05, 3.63) is 62.0 Å². The van der Waals surface area contributed by atoms with Crippen LogP contribution in [0.2, 0.25) is 0 Å². The van der Waals surface area contributed by atoms with Crippen LogP contribution >= 0.6 is 11.3 Å². The minimum Gasteiger partial charge on any atom is -0.465 e. The van der Waals surface area contributed by atoms with Gasteiger partial charge in [0.05, 0.1) is 17.6 Å². The van der Waals surface area contributed by atoms with Crippen molar-refractivity contribution in [3.8, 4) is 0 Å². The van der Waals surface area contributed by atoms with Crippen LogP contribution in [0.3, 0.4) is 0 Å². The van der Waals surface area contributed by atoms with Crippen molar-refractivity contribution in [3.63, 3.8) is 0 Å². The van der Waals surface area contributed by atoms with Gasteiger partial charge >= 0.3 is 5.97 Å². The number of rotatable bonds is 6. The third-order valence-corrected chi connectivity index (χ3v) is 6.27. The van der Waals surface area contributed by atoms with Crippen molar-refractivity contribution >= 4 is 40.0 Å². The van der Waals surface area contributed by atoms with Crippen LogP contribution in [0, 0.1) is 16.0 Å². The summed E-state index contributed by atoms with van der Waals surface area (Å²) in [5.74, 6) is -0.219. The Morgan fingerprint density at radius 2 is 2.07 bits per heavy atom. The number of nitro benzene ring substituents is 1. The van der Waals surface area contributed by atoms with Gasteiger partial charge in [0.15, 0.2) is 0 Å². The Hall–Kier alpha value is -3.00. The van der Waals surface area contributed by atoms with Gasteiger partial charge in [0.1, 0.15) is 5.00 Å². The summed E-state index contributed by atoms with van der Waals surface area (Å²) in [6.07, 6.45) is 6.74. The predicted molar refractivity (Wildman–Crippen MR) is 112 cm³/mol. The lowest BCUT2D eigenvalue weighted by Crippen LogP contribution is -2.15. The van der Waals surface area contributed by atoms with Gasteiger partial charge < -0.3 is 10.1 Å². The van der Waals surface area contributed by atoms with E-state index in [1.807, 2.05) is 0 Å². The van der Waals surface area contributed by atoms with Crippen molar-refractivity contribution in [2.45, 2.75) is 32.6 Å². The number of thiophene rings is 1. The first-order valence-electron chi connectivity index (χ1n) is 9.39. The molecule has 1 amide bonds. The van der Waals surface area contributed by atoms with Gasteiger partial charge in [-0.3, -0.25) is 14.9 Å². The summed E-state index contributed by atoms with van der Waals surface area (Å²) in [7, 11) is 1.34. The van der Waals surface area contributed by atoms with Gasteiger partial charge in [-0.2, -0.15) is 0 Å². The van der Waals surface area contributed by atoms with E-state index >= 15 is 0 Å². The van der Waals surface area contributed by atoms with Crippen molar-refractivity contribution in [1.29, 1.82) is 0 Å². The molecular formula is C21H22N2O5S. The normalized spacial score (nSPS) is 15.7. The fraction of sp³-hybridized carbons (Fsp3) is 0.333. The number of methoxy groups -OCH3 is 1. The number of fused-ring (bicyclic) bond motifs is 1. The number of nitro groups is 1. The van der Waals surface area contributed by atoms with Crippen LogP contribution in [-0.2, 0) is 22.4 Å². The average Bonchev–Trinajstić information content (AvgIpc) is 3.08. The molecule has 0 aliphatic heterocycles. The van der Waals surface area contributed by atoms with E-state index in [-0.39, 0.29) is 11.6 Å². The first-order chi connectivity index (χ1) is 13.9. The van der Waals surface area contributed by atoms with Crippen LogP contribution in [-0.4, -0.2) is 23.9 Å². The largest absolute Gasteiger partial charge is 0.465 e. The third-order valence-electron chi connectivity index (χ3n) is 5.10. The highest BCUT2D eigenvalue weighted by atomic mass is 32.1. The van der Waals surface area contributed by atoms with Crippen LogP contribution < -0.4 is 5.32 Å². The number of benzene rings is 1. The topological polar surface area (TPSA) is 98.5 Å². The predicted octanol–water partition coefficient (Wildman–Crippen LogP) is 4.61. The number of nitrogens with one attached hydrogen (secondary N) is 1. The summed E-state index contributed by atoms with van der Waals surface area (Å²) in [5.41, 5.74) is 2.10. The van der Waals surface area contributed by atoms with Gasteiger partial charge in [-0.1, -0.05) is 13.3 Å². The standard InChI is InChI=1S/C21H22N2O5S/c1-3-13-6-10-16-17(12-13)29-20(19(16)21(25)28-2)22-18(24)11-7-14-4-8-15(9-5-14)23(26)27/h4-5,7-9,11,13H,3,6,10,12H2,1-2H3,(H,22,24). The highest BCUT2D eigenvalue weighted by molar-refractivity contribution is 7.17. The zero-order valence-electron chi connectivity index (χ0n) is 16.3. The lowest BCUT2D eigenvalue weighted by molar-refractivity contribution is -0.384. The summed E-state index contributed by atoms with van der Waals surface area (Å²) in [6.45, 7) is 2.16. The molecule has 152 valence electrons. The van der Waals surface area contributed by atoms with Crippen LogP contribution in [0.15, 0.2) is 30.3 Å². The molecule has 0 spiro atoms. The van der Waals surface area contributed by atoms with Crippen LogP contribution in [0.4, 0.5) is 10.7 Å². The Bertz CT molecular complexity index is 962. The summed E-state index contributed by atoms with van der Waals surface area (Å²) in [4.78, 5) is 36.1. The molecule has 0 saturated heterocycles. The van der Waals surface area contributed by atoms with E-state index in [9.17, 15) is 19.7 Å². The zero-order valence-corrected chi connectivity index (χ0v) is 17.1. The van der Waals surface area contributed by atoms with Crippen LogP contribution in [0.25, 0.3) is 6.08 Å². The lowest BCUT2D eigenvalue weighted by Gasteiger charge is -2.20. The second-order valence-corrected chi connectivity index (χ2v) is 7.99. The maximum atomic E-state index is 12.4. The van der Waals surface area contributed by atoms with E-state index in [1.165, 1.54) is 36.7 Å². The average molecular weight is 414 g/mol. The van der Waals surface area contributed by atoms with E-state index in [2.05, 4.69) is 12.2 Å². The SMILES string of the molecule is CCC1CCc2c(sc(NC(=O)C=Cc3ccc([N+](=O)[O-])cc3)c2C(=O)OC)C1. The molecule has 2 aromatic rings. The number of hydrogen-bond donors (Lipinski definition) is 1. The molecule has 7 nitrogen and oxygen atoms in total. The second-order valence-electron chi connectivity index (χ2n) is 6.89. The summed E-state index contributed by atoms with van der Waals surface area (Å²) >= 11 is 1.44.